The van der Waals surface area contributed by atoms with E-state index in [0.29, 0.717) is 18.4 Å². The van der Waals surface area contributed by atoms with Crippen molar-refractivity contribution < 1.29 is 13.9 Å². The Morgan fingerprint density at radius 3 is 2.27 bits per heavy atom. The maximum Gasteiger partial charge on any atom is 0.212 e. The first-order valence-electron chi connectivity index (χ1n) is 9.92. The van der Waals surface area contributed by atoms with E-state index in [1.807, 2.05) is 66.7 Å². The molecule has 4 rings (SSSR count). The Kier molecular flexibility index (Phi) is 5.80. The molecule has 30 heavy (non-hydrogen) atoms. The van der Waals surface area contributed by atoms with Crippen molar-refractivity contribution in [3.63, 3.8) is 0 Å². The highest BCUT2D eigenvalue weighted by molar-refractivity contribution is 5.76. The number of ether oxygens (including phenoxy) is 2. The van der Waals surface area contributed by atoms with Crippen molar-refractivity contribution in [3.05, 3.63) is 84.4 Å². The minimum atomic E-state index is 0.178. The fourth-order valence-corrected chi connectivity index (χ4v) is 3.06. The van der Waals surface area contributed by atoms with Crippen LogP contribution < -0.4 is 9.47 Å². The minimum Gasteiger partial charge on any atom is -0.489 e. The summed E-state index contributed by atoms with van der Waals surface area (Å²) in [6.07, 6.45) is 1.75. The van der Waals surface area contributed by atoms with Gasteiger partial charge in [0, 0.05) is 29.3 Å². The van der Waals surface area contributed by atoms with Gasteiger partial charge in [-0.2, -0.15) is 0 Å². The van der Waals surface area contributed by atoms with Gasteiger partial charge in [-0.25, -0.2) is 9.97 Å². The lowest BCUT2D eigenvalue weighted by Gasteiger charge is -2.07. The summed E-state index contributed by atoms with van der Waals surface area (Å²) in [4.78, 5) is 9.04. The first kappa shape index (κ1) is 19.7. The molecule has 0 fully saturated rings. The van der Waals surface area contributed by atoms with Crippen molar-refractivity contribution >= 4 is 0 Å². The van der Waals surface area contributed by atoms with Crippen LogP contribution in [0.2, 0.25) is 0 Å². The molecule has 5 nitrogen and oxygen atoms in total. The van der Waals surface area contributed by atoms with Gasteiger partial charge in [0.2, 0.25) is 5.88 Å². The van der Waals surface area contributed by atoms with E-state index in [0.717, 1.165) is 33.9 Å². The molecule has 0 radical (unpaired) electrons. The Balaban J connectivity index is 1.60. The van der Waals surface area contributed by atoms with E-state index in [1.165, 1.54) is 0 Å². The van der Waals surface area contributed by atoms with E-state index in [-0.39, 0.29) is 5.92 Å². The second kappa shape index (κ2) is 8.82. The third kappa shape index (κ3) is 4.35. The Morgan fingerprint density at radius 2 is 1.63 bits per heavy atom. The largest absolute Gasteiger partial charge is 0.489 e. The van der Waals surface area contributed by atoms with Crippen molar-refractivity contribution in [3.8, 4) is 34.2 Å². The van der Waals surface area contributed by atoms with Crippen molar-refractivity contribution in [2.45, 2.75) is 26.4 Å². The molecule has 0 aliphatic heterocycles. The van der Waals surface area contributed by atoms with Gasteiger partial charge in [0.25, 0.3) is 0 Å². The molecule has 4 aromatic rings. The van der Waals surface area contributed by atoms with Gasteiger partial charge in [-0.05, 0) is 35.9 Å². The summed E-state index contributed by atoms with van der Waals surface area (Å²) in [7, 11) is 1.60. The van der Waals surface area contributed by atoms with Gasteiger partial charge < -0.3 is 13.9 Å². The molecular weight excluding hydrogens is 376 g/mol. The van der Waals surface area contributed by atoms with Crippen LogP contribution in [0.4, 0.5) is 0 Å². The molecule has 2 aromatic carbocycles. The first-order valence-corrected chi connectivity index (χ1v) is 9.92. The van der Waals surface area contributed by atoms with Gasteiger partial charge in [-0.15, -0.1) is 0 Å². The van der Waals surface area contributed by atoms with Gasteiger partial charge in [-0.3, -0.25) is 0 Å². The number of nitrogens with zero attached hydrogens (tertiary/aromatic N) is 2. The van der Waals surface area contributed by atoms with Crippen LogP contribution in [0, 0.1) is 0 Å². The average molecular weight is 400 g/mol. The molecule has 2 aromatic heterocycles. The molecule has 0 aliphatic carbocycles. The predicted octanol–water partition coefficient (Wildman–Crippen LogP) is 6.11. The lowest BCUT2D eigenvalue weighted by Crippen LogP contribution is -1.94. The summed E-state index contributed by atoms with van der Waals surface area (Å²) >= 11 is 0. The molecule has 152 valence electrons. The van der Waals surface area contributed by atoms with Crippen LogP contribution in [0.25, 0.3) is 22.6 Å². The maximum atomic E-state index is 6.13. The fourth-order valence-electron chi connectivity index (χ4n) is 3.06. The first-order chi connectivity index (χ1) is 14.6. The van der Waals surface area contributed by atoms with E-state index in [9.17, 15) is 0 Å². The lowest BCUT2D eigenvalue weighted by molar-refractivity contribution is 0.306. The number of aromatic nitrogens is 2. The third-order valence-corrected chi connectivity index (χ3v) is 4.72. The van der Waals surface area contributed by atoms with Crippen LogP contribution >= 0.6 is 0 Å². The highest BCUT2D eigenvalue weighted by Gasteiger charge is 2.19. The van der Waals surface area contributed by atoms with E-state index in [4.69, 9.17) is 18.9 Å². The molecule has 0 spiro atoms. The standard InChI is InChI=1S/C25H24N2O3/c1-17(2)25-27-23(20-11-14-22(28-3)26-15-20)24(30-25)19-9-12-21(13-10-19)29-16-18-7-5-4-6-8-18/h4-15,17H,16H2,1-3H3. The Bertz CT molecular complexity index is 1090. The Labute approximate surface area is 176 Å². The second-order valence-corrected chi connectivity index (χ2v) is 7.27. The van der Waals surface area contributed by atoms with Crippen molar-refractivity contribution in [1.82, 2.24) is 9.97 Å². The number of pyridine rings is 1. The Morgan fingerprint density at radius 1 is 0.900 bits per heavy atom. The molecular formula is C25H24N2O3. The predicted molar refractivity (Wildman–Crippen MR) is 117 cm³/mol. The van der Waals surface area contributed by atoms with E-state index < -0.39 is 0 Å². The van der Waals surface area contributed by atoms with Crippen molar-refractivity contribution in [1.29, 1.82) is 0 Å². The molecule has 0 atom stereocenters. The zero-order valence-electron chi connectivity index (χ0n) is 17.3. The van der Waals surface area contributed by atoms with Crippen LogP contribution in [0.3, 0.4) is 0 Å². The summed E-state index contributed by atoms with van der Waals surface area (Å²) < 4.78 is 17.2. The highest BCUT2D eigenvalue weighted by Crippen LogP contribution is 2.35. The maximum absolute atomic E-state index is 6.13. The monoisotopic (exact) mass is 400 g/mol. The molecule has 0 aliphatic rings. The van der Waals surface area contributed by atoms with Crippen molar-refractivity contribution in [2.75, 3.05) is 7.11 Å². The molecule has 2 heterocycles. The SMILES string of the molecule is COc1ccc(-c2nc(C(C)C)oc2-c2ccc(OCc3ccccc3)cc2)cn1. The van der Waals surface area contributed by atoms with Crippen LogP contribution in [-0.4, -0.2) is 17.1 Å². The summed E-state index contributed by atoms with van der Waals surface area (Å²) in [6.45, 7) is 4.65. The fraction of sp³-hybridized carbons (Fsp3) is 0.200. The molecule has 0 N–H and O–H groups in total. The van der Waals surface area contributed by atoms with Gasteiger partial charge in [0.05, 0.1) is 7.11 Å². The highest BCUT2D eigenvalue weighted by atomic mass is 16.5. The molecule has 0 bridgehead atoms. The molecule has 5 heteroatoms. The molecule has 0 amide bonds. The molecule has 0 saturated carbocycles. The van der Waals surface area contributed by atoms with Gasteiger partial charge >= 0.3 is 0 Å². The number of methoxy groups -OCH3 is 1. The van der Waals surface area contributed by atoms with E-state index in [1.54, 1.807) is 13.3 Å². The van der Waals surface area contributed by atoms with Crippen LogP contribution in [0.15, 0.2) is 77.3 Å². The van der Waals surface area contributed by atoms with Crippen LogP contribution in [0.5, 0.6) is 11.6 Å². The van der Waals surface area contributed by atoms with Gasteiger partial charge in [0.1, 0.15) is 18.1 Å². The van der Waals surface area contributed by atoms with E-state index in [2.05, 4.69) is 18.8 Å². The van der Waals surface area contributed by atoms with Crippen LogP contribution in [0.1, 0.15) is 31.2 Å². The summed E-state index contributed by atoms with van der Waals surface area (Å²) in [5.41, 5.74) is 3.72. The summed E-state index contributed by atoms with van der Waals surface area (Å²) in [6, 6.07) is 21.8. The topological polar surface area (TPSA) is 57.4 Å². The zero-order valence-corrected chi connectivity index (χ0v) is 17.3. The zero-order chi connectivity index (χ0) is 20.9. The minimum absolute atomic E-state index is 0.178. The van der Waals surface area contributed by atoms with Crippen LogP contribution in [-0.2, 0) is 6.61 Å². The number of benzene rings is 2. The molecule has 0 unspecified atom stereocenters. The summed E-state index contributed by atoms with van der Waals surface area (Å²) in [5, 5.41) is 0. The number of hydrogen-bond acceptors (Lipinski definition) is 5. The lowest BCUT2D eigenvalue weighted by atomic mass is 10.1. The molecule has 0 saturated heterocycles. The average Bonchev–Trinajstić information content (AvgIpc) is 3.25. The van der Waals surface area contributed by atoms with Gasteiger partial charge in [-0.1, -0.05) is 44.2 Å². The van der Waals surface area contributed by atoms with E-state index >= 15 is 0 Å². The quantitative estimate of drug-likeness (QED) is 0.374. The third-order valence-electron chi connectivity index (χ3n) is 4.72. The number of oxazole rings is 1. The van der Waals surface area contributed by atoms with Gasteiger partial charge in [0.15, 0.2) is 11.7 Å². The number of rotatable bonds is 7. The second-order valence-electron chi connectivity index (χ2n) is 7.27. The summed E-state index contributed by atoms with van der Waals surface area (Å²) in [5.74, 6) is 2.96. The van der Waals surface area contributed by atoms with Crippen molar-refractivity contribution in [2.24, 2.45) is 0 Å². The Hall–Kier alpha value is -3.60. The number of hydrogen-bond donors (Lipinski definition) is 0. The normalized spacial score (nSPS) is 10.9. The smallest absolute Gasteiger partial charge is 0.212 e.